The molecular formula is C9H15BF3KO2. The van der Waals surface area contributed by atoms with Gasteiger partial charge in [0.2, 0.25) is 0 Å². The normalized spacial score (nSPS) is 25.8. The smallest absolute Gasteiger partial charge is 0.466 e. The molecule has 0 aromatic heterocycles. The van der Waals surface area contributed by atoms with E-state index in [1.54, 1.807) is 6.92 Å². The quantitative estimate of drug-likeness (QED) is 0.527. The fourth-order valence-electron chi connectivity index (χ4n) is 1.99. The van der Waals surface area contributed by atoms with Gasteiger partial charge in [-0.1, -0.05) is 18.7 Å². The van der Waals surface area contributed by atoms with Crippen molar-refractivity contribution < 1.29 is 73.9 Å². The first-order valence-corrected chi connectivity index (χ1v) is 5.31. The van der Waals surface area contributed by atoms with E-state index in [0.29, 0.717) is 19.4 Å². The summed E-state index contributed by atoms with van der Waals surface area (Å²) in [6.07, 6.45) is 0.773. The Kier molecular flexibility index (Phi) is 7.85. The third-order valence-corrected chi connectivity index (χ3v) is 2.93. The van der Waals surface area contributed by atoms with Crippen molar-refractivity contribution in [1.29, 1.82) is 0 Å². The SMILES string of the molecule is CCOC(=O)C1CCC([B-](F)(F)F)CC1.[K+]. The third-order valence-electron chi connectivity index (χ3n) is 2.93. The van der Waals surface area contributed by atoms with Crippen LogP contribution in [-0.2, 0) is 9.53 Å². The number of rotatable bonds is 3. The molecule has 88 valence electrons. The van der Waals surface area contributed by atoms with Gasteiger partial charge in [0.05, 0.1) is 12.5 Å². The Morgan fingerprint density at radius 2 is 1.75 bits per heavy atom. The first-order chi connectivity index (χ1) is 6.95. The summed E-state index contributed by atoms with van der Waals surface area (Å²) in [5, 5.41) is 0. The maximum atomic E-state index is 12.4. The largest absolute Gasteiger partial charge is 1.00 e. The molecule has 0 radical (unpaired) electrons. The van der Waals surface area contributed by atoms with Crippen LogP contribution in [0.15, 0.2) is 0 Å². The maximum Gasteiger partial charge on any atom is 1.00 e. The number of hydrogen-bond acceptors (Lipinski definition) is 2. The summed E-state index contributed by atoms with van der Waals surface area (Å²) < 4.78 is 41.9. The molecule has 0 N–H and O–H groups in total. The first-order valence-electron chi connectivity index (χ1n) is 5.31. The zero-order chi connectivity index (χ0) is 11.5. The summed E-state index contributed by atoms with van der Waals surface area (Å²) >= 11 is 0. The Morgan fingerprint density at radius 1 is 1.25 bits per heavy atom. The van der Waals surface area contributed by atoms with E-state index in [-0.39, 0.29) is 76.1 Å². The number of carbonyl (C=O) groups is 1. The van der Waals surface area contributed by atoms with Crippen molar-refractivity contribution in [2.45, 2.75) is 38.4 Å². The molecule has 1 aliphatic rings. The van der Waals surface area contributed by atoms with E-state index < -0.39 is 12.8 Å². The molecule has 1 rings (SSSR count). The third kappa shape index (κ3) is 5.08. The van der Waals surface area contributed by atoms with Gasteiger partial charge < -0.3 is 17.7 Å². The van der Waals surface area contributed by atoms with Crippen LogP contribution in [-0.4, -0.2) is 19.6 Å². The average molecular weight is 262 g/mol. The van der Waals surface area contributed by atoms with Gasteiger partial charge in [0.1, 0.15) is 0 Å². The minimum absolute atomic E-state index is 0. The summed E-state index contributed by atoms with van der Waals surface area (Å²) in [7, 11) is 0. The molecule has 16 heavy (non-hydrogen) atoms. The fraction of sp³-hybridized carbons (Fsp3) is 0.889. The molecule has 2 nitrogen and oxygen atoms in total. The zero-order valence-corrected chi connectivity index (χ0v) is 12.8. The molecule has 0 amide bonds. The Hall–Kier alpha value is 0.961. The van der Waals surface area contributed by atoms with E-state index in [2.05, 4.69) is 0 Å². The van der Waals surface area contributed by atoms with Crippen LogP contribution in [0.2, 0.25) is 5.82 Å². The second-order valence-electron chi connectivity index (χ2n) is 3.99. The molecule has 0 bridgehead atoms. The molecule has 0 aromatic rings. The molecule has 0 atom stereocenters. The molecule has 1 fully saturated rings. The van der Waals surface area contributed by atoms with Gasteiger partial charge in [-0.05, 0) is 19.8 Å². The molecule has 7 heteroatoms. The van der Waals surface area contributed by atoms with Crippen LogP contribution in [0.4, 0.5) is 12.9 Å². The van der Waals surface area contributed by atoms with Gasteiger partial charge in [0, 0.05) is 0 Å². The molecule has 0 aliphatic heterocycles. The van der Waals surface area contributed by atoms with Crippen LogP contribution in [0.3, 0.4) is 0 Å². The summed E-state index contributed by atoms with van der Waals surface area (Å²) in [6, 6.07) is 0. The summed E-state index contributed by atoms with van der Waals surface area (Å²) in [4.78, 5) is 11.3. The molecule has 1 saturated carbocycles. The predicted molar refractivity (Wildman–Crippen MR) is 51.4 cm³/mol. The van der Waals surface area contributed by atoms with Crippen molar-refractivity contribution in [2.24, 2.45) is 5.92 Å². The van der Waals surface area contributed by atoms with E-state index >= 15 is 0 Å². The Bertz CT molecular complexity index is 227. The van der Waals surface area contributed by atoms with Crippen molar-refractivity contribution >= 4 is 12.9 Å². The van der Waals surface area contributed by atoms with Crippen molar-refractivity contribution in [2.75, 3.05) is 6.61 Å². The van der Waals surface area contributed by atoms with Gasteiger partial charge in [-0.3, -0.25) is 4.79 Å². The van der Waals surface area contributed by atoms with Gasteiger partial charge in [-0.2, -0.15) is 0 Å². The van der Waals surface area contributed by atoms with E-state index in [1.165, 1.54) is 0 Å². The topological polar surface area (TPSA) is 26.3 Å². The van der Waals surface area contributed by atoms with Crippen LogP contribution in [0, 0.1) is 5.92 Å². The van der Waals surface area contributed by atoms with Crippen molar-refractivity contribution in [1.82, 2.24) is 0 Å². The van der Waals surface area contributed by atoms with Crippen LogP contribution in [0.5, 0.6) is 0 Å². The molecule has 1 aliphatic carbocycles. The van der Waals surface area contributed by atoms with E-state index in [0.717, 1.165) is 0 Å². The van der Waals surface area contributed by atoms with Gasteiger partial charge in [-0.25, -0.2) is 0 Å². The fourth-order valence-corrected chi connectivity index (χ4v) is 1.99. The summed E-state index contributed by atoms with van der Waals surface area (Å²) in [6.45, 7) is -2.74. The standard InChI is InChI=1S/C9H15BF3O2.K/c1-2-15-9(14)7-3-5-8(6-4-7)10(11,12)13;/h7-8H,2-6H2,1H3;/q-1;+1. The van der Waals surface area contributed by atoms with E-state index in [9.17, 15) is 17.7 Å². The minimum atomic E-state index is -4.73. The summed E-state index contributed by atoms with van der Waals surface area (Å²) in [5.74, 6) is -1.83. The monoisotopic (exact) mass is 262 g/mol. The van der Waals surface area contributed by atoms with Crippen LogP contribution in [0.1, 0.15) is 32.6 Å². The van der Waals surface area contributed by atoms with Crippen molar-refractivity contribution in [3.63, 3.8) is 0 Å². The molecule has 0 unspecified atom stereocenters. The van der Waals surface area contributed by atoms with Gasteiger partial charge in [0.25, 0.3) is 0 Å². The van der Waals surface area contributed by atoms with Gasteiger partial charge in [0.15, 0.2) is 0 Å². The zero-order valence-electron chi connectivity index (χ0n) is 9.72. The van der Waals surface area contributed by atoms with Crippen molar-refractivity contribution in [3.05, 3.63) is 0 Å². The molecule has 0 aromatic carbocycles. The minimum Gasteiger partial charge on any atom is -0.466 e. The number of ether oxygens (including phenoxy) is 1. The van der Waals surface area contributed by atoms with Crippen LogP contribution < -0.4 is 51.4 Å². The van der Waals surface area contributed by atoms with E-state index in [4.69, 9.17) is 4.74 Å². The van der Waals surface area contributed by atoms with Crippen LogP contribution >= 0.6 is 0 Å². The predicted octanol–water partition coefficient (Wildman–Crippen LogP) is -0.0387. The number of esters is 1. The Morgan fingerprint density at radius 3 is 2.12 bits per heavy atom. The first kappa shape index (κ1) is 17.0. The second-order valence-corrected chi connectivity index (χ2v) is 3.99. The number of halogens is 3. The molecule has 0 saturated heterocycles. The average Bonchev–Trinajstić information content (AvgIpc) is 2.17. The number of hydrogen-bond donors (Lipinski definition) is 0. The maximum absolute atomic E-state index is 12.4. The van der Waals surface area contributed by atoms with Gasteiger partial charge >= 0.3 is 64.3 Å². The second kappa shape index (κ2) is 7.41. The Balaban J connectivity index is 0.00000225. The van der Waals surface area contributed by atoms with Crippen molar-refractivity contribution in [3.8, 4) is 0 Å². The Labute approximate surface area is 136 Å². The van der Waals surface area contributed by atoms with Gasteiger partial charge in [-0.15, -0.1) is 0 Å². The molecular weight excluding hydrogens is 247 g/mol. The van der Waals surface area contributed by atoms with E-state index in [1.807, 2.05) is 0 Å². The number of carbonyl (C=O) groups excluding carboxylic acids is 1. The summed E-state index contributed by atoms with van der Waals surface area (Å²) in [5.41, 5.74) is 0. The molecule has 0 spiro atoms. The molecule has 0 heterocycles. The van der Waals surface area contributed by atoms with Crippen LogP contribution in [0.25, 0.3) is 0 Å².